The summed E-state index contributed by atoms with van der Waals surface area (Å²) in [6.45, 7) is 0.587. The Morgan fingerprint density at radius 2 is 2.15 bits per heavy atom. The highest BCUT2D eigenvalue weighted by Crippen LogP contribution is 2.24. The average Bonchev–Trinajstić information content (AvgIpc) is 2.74. The topological polar surface area (TPSA) is 41.9 Å². The van der Waals surface area contributed by atoms with Crippen LogP contribution in [0.15, 0.2) is 28.9 Å². The first-order chi connectivity index (χ1) is 9.49. The van der Waals surface area contributed by atoms with E-state index in [0.29, 0.717) is 27.5 Å². The molecule has 20 heavy (non-hydrogen) atoms. The number of hydrogen-bond acceptors (Lipinski definition) is 2. The third kappa shape index (κ3) is 3.85. The lowest BCUT2D eigenvalue weighted by molar-refractivity contribution is 0.689. The molecular weight excluding hydrogens is 383 g/mol. The van der Waals surface area contributed by atoms with Gasteiger partial charge in [-0.05, 0) is 45.8 Å². The average molecular weight is 394 g/mol. The van der Waals surface area contributed by atoms with Crippen molar-refractivity contribution in [3.63, 3.8) is 0 Å². The Morgan fingerprint density at radius 1 is 1.40 bits per heavy atom. The van der Waals surface area contributed by atoms with E-state index in [1.165, 1.54) is 0 Å². The van der Waals surface area contributed by atoms with E-state index < -0.39 is 0 Å². The van der Waals surface area contributed by atoms with Crippen molar-refractivity contribution in [1.29, 1.82) is 0 Å². The fourth-order valence-electron chi connectivity index (χ4n) is 1.56. The summed E-state index contributed by atoms with van der Waals surface area (Å²) in [5.74, 6) is 0.657. The maximum atomic E-state index is 6.00. The molecule has 0 aliphatic rings. The van der Waals surface area contributed by atoms with Crippen molar-refractivity contribution in [2.24, 2.45) is 0 Å². The van der Waals surface area contributed by atoms with Crippen LogP contribution in [0, 0.1) is 0 Å². The molecule has 0 atom stereocenters. The number of hydrogen-bond donors (Lipinski definition) is 2. The van der Waals surface area contributed by atoms with Gasteiger partial charge < -0.3 is 10.6 Å². The normalized spacial score (nSPS) is 10.4. The molecule has 2 N–H and O–H groups in total. The predicted molar refractivity (Wildman–Crippen MR) is 90.8 cm³/mol. The van der Waals surface area contributed by atoms with Crippen molar-refractivity contribution in [3.8, 4) is 0 Å². The van der Waals surface area contributed by atoms with Crippen molar-refractivity contribution in [2.75, 3.05) is 12.4 Å². The molecule has 0 bridgehead atoms. The number of nitrogens with one attached hydrogen (secondary N) is 2. The second kappa shape index (κ2) is 6.76. The van der Waals surface area contributed by atoms with E-state index >= 15 is 0 Å². The Kier molecular flexibility index (Phi) is 5.26. The fourth-order valence-corrected chi connectivity index (χ4v) is 2.39. The fraction of sp³-hybridized carbons (Fsp3) is 0.167. The summed E-state index contributed by atoms with van der Waals surface area (Å²) in [6.07, 6.45) is 1.86. The van der Waals surface area contributed by atoms with Gasteiger partial charge in [-0.15, -0.1) is 0 Å². The van der Waals surface area contributed by atoms with E-state index in [1.54, 1.807) is 17.8 Å². The molecule has 0 amide bonds. The van der Waals surface area contributed by atoms with Gasteiger partial charge >= 0.3 is 0 Å². The van der Waals surface area contributed by atoms with Crippen molar-refractivity contribution < 1.29 is 0 Å². The van der Waals surface area contributed by atoms with Gasteiger partial charge in [0.25, 0.3) is 0 Å². The summed E-state index contributed by atoms with van der Waals surface area (Å²) in [7, 11) is 1.75. The molecular formula is C12H11BrCl2N4S. The molecule has 0 fully saturated rings. The Balaban J connectivity index is 2.15. The van der Waals surface area contributed by atoms with Crippen molar-refractivity contribution in [1.82, 2.24) is 15.1 Å². The third-order valence-electron chi connectivity index (χ3n) is 2.50. The van der Waals surface area contributed by atoms with Crippen LogP contribution < -0.4 is 10.6 Å². The van der Waals surface area contributed by atoms with Crippen LogP contribution in [-0.2, 0) is 6.54 Å². The molecule has 0 aliphatic carbocycles. The van der Waals surface area contributed by atoms with Gasteiger partial charge in [0.2, 0.25) is 0 Å². The van der Waals surface area contributed by atoms with Crippen LogP contribution in [0.4, 0.5) is 5.82 Å². The minimum atomic E-state index is 0.505. The van der Waals surface area contributed by atoms with Gasteiger partial charge in [0.15, 0.2) is 10.9 Å². The second-order valence-corrected chi connectivity index (χ2v) is 6.05. The van der Waals surface area contributed by atoms with Gasteiger partial charge in [-0.25, -0.2) is 0 Å². The van der Waals surface area contributed by atoms with Crippen LogP contribution >= 0.6 is 51.3 Å². The molecule has 4 nitrogen and oxygen atoms in total. The Hall–Kier alpha value is -0.820. The minimum Gasteiger partial charge on any atom is -0.365 e. The first-order valence-electron chi connectivity index (χ1n) is 5.65. The van der Waals surface area contributed by atoms with Gasteiger partial charge in [0, 0.05) is 13.2 Å². The molecule has 1 aromatic heterocycles. The highest BCUT2D eigenvalue weighted by atomic mass is 79.9. The quantitative estimate of drug-likeness (QED) is 0.775. The monoisotopic (exact) mass is 392 g/mol. The second-order valence-electron chi connectivity index (χ2n) is 3.98. The zero-order valence-corrected chi connectivity index (χ0v) is 14.4. The number of halogens is 3. The molecule has 1 heterocycles. The largest absolute Gasteiger partial charge is 0.365 e. The highest BCUT2D eigenvalue weighted by molar-refractivity contribution is 9.10. The molecule has 0 radical (unpaired) electrons. The summed E-state index contributed by atoms with van der Waals surface area (Å²) in [5.41, 5.74) is 1.01. The van der Waals surface area contributed by atoms with E-state index in [9.17, 15) is 0 Å². The van der Waals surface area contributed by atoms with Gasteiger partial charge in [0.1, 0.15) is 0 Å². The molecule has 2 rings (SSSR count). The van der Waals surface area contributed by atoms with Gasteiger partial charge in [0.05, 0.1) is 21.1 Å². The molecule has 0 saturated heterocycles. The van der Waals surface area contributed by atoms with Crippen LogP contribution in [0.5, 0.6) is 0 Å². The Labute approximate surface area is 140 Å². The van der Waals surface area contributed by atoms with E-state index in [4.69, 9.17) is 35.4 Å². The predicted octanol–water partition coefficient (Wildman–Crippen LogP) is 3.92. The number of nitrogens with zero attached hydrogens (tertiary/aromatic N) is 2. The van der Waals surface area contributed by atoms with Crippen molar-refractivity contribution in [2.45, 2.75) is 6.54 Å². The van der Waals surface area contributed by atoms with Crippen LogP contribution in [0.25, 0.3) is 0 Å². The van der Waals surface area contributed by atoms with Crippen LogP contribution in [-0.4, -0.2) is 21.9 Å². The number of aromatic nitrogens is 2. The molecule has 106 valence electrons. The number of rotatable bonds is 3. The number of thiocarbonyl (C=S) groups is 1. The highest BCUT2D eigenvalue weighted by Gasteiger charge is 2.08. The maximum absolute atomic E-state index is 6.00. The van der Waals surface area contributed by atoms with Crippen molar-refractivity contribution >= 4 is 62.3 Å². The molecule has 0 aliphatic heterocycles. The van der Waals surface area contributed by atoms with E-state index in [2.05, 4.69) is 31.7 Å². The van der Waals surface area contributed by atoms with E-state index in [1.807, 2.05) is 18.3 Å². The molecule has 0 spiro atoms. The van der Waals surface area contributed by atoms with E-state index in [-0.39, 0.29) is 0 Å². The van der Waals surface area contributed by atoms with Crippen molar-refractivity contribution in [3.05, 3.63) is 44.5 Å². The lowest BCUT2D eigenvalue weighted by Gasteiger charge is -2.05. The molecule has 1 aromatic carbocycles. The van der Waals surface area contributed by atoms with Crippen LogP contribution in [0.2, 0.25) is 10.0 Å². The first kappa shape index (κ1) is 15.6. The Morgan fingerprint density at radius 3 is 2.80 bits per heavy atom. The van der Waals surface area contributed by atoms with Crippen LogP contribution in [0.1, 0.15) is 5.56 Å². The lowest BCUT2D eigenvalue weighted by Crippen LogP contribution is -2.24. The SMILES string of the molecule is CNC(=S)Nc1nn(Cc2ccc(Cl)c(Cl)c2)cc1Br. The molecule has 0 unspecified atom stereocenters. The lowest BCUT2D eigenvalue weighted by atomic mass is 10.2. The number of benzene rings is 1. The number of anilines is 1. The minimum absolute atomic E-state index is 0.505. The van der Waals surface area contributed by atoms with Gasteiger partial charge in [-0.2, -0.15) is 5.10 Å². The standard InChI is InChI=1S/C12H11BrCl2N4S/c1-16-12(20)17-11-8(13)6-19(18-11)5-7-2-3-9(14)10(15)4-7/h2-4,6H,5H2,1H3,(H2,16,17,18,20). The smallest absolute Gasteiger partial charge is 0.171 e. The molecule has 2 aromatic rings. The summed E-state index contributed by atoms with van der Waals surface area (Å²) in [6, 6.07) is 5.51. The first-order valence-corrected chi connectivity index (χ1v) is 7.61. The summed E-state index contributed by atoms with van der Waals surface area (Å²) < 4.78 is 2.61. The molecule has 0 saturated carbocycles. The Bertz CT molecular complexity index is 644. The molecule has 8 heteroatoms. The van der Waals surface area contributed by atoms with E-state index in [0.717, 1.165) is 10.0 Å². The third-order valence-corrected chi connectivity index (χ3v) is 4.13. The summed E-state index contributed by atoms with van der Waals surface area (Å²) in [5, 5.41) is 11.8. The zero-order valence-electron chi connectivity index (χ0n) is 10.5. The summed E-state index contributed by atoms with van der Waals surface area (Å²) >= 11 is 20.4. The maximum Gasteiger partial charge on any atom is 0.171 e. The summed E-state index contributed by atoms with van der Waals surface area (Å²) in [4.78, 5) is 0. The van der Waals surface area contributed by atoms with Gasteiger partial charge in [-0.1, -0.05) is 29.3 Å². The van der Waals surface area contributed by atoms with Gasteiger partial charge in [-0.3, -0.25) is 4.68 Å². The zero-order chi connectivity index (χ0) is 14.7. The van der Waals surface area contributed by atoms with Crippen LogP contribution in [0.3, 0.4) is 0 Å².